The van der Waals surface area contributed by atoms with Gasteiger partial charge in [-0.25, -0.2) is 9.18 Å². The van der Waals surface area contributed by atoms with Crippen LogP contribution in [0.4, 0.5) is 14.9 Å². The topological polar surface area (TPSA) is 75.9 Å². The first-order valence-corrected chi connectivity index (χ1v) is 7.49. The number of carbonyl (C=O) groups is 2. The van der Waals surface area contributed by atoms with Crippen LogP contribution in [0.25, 0.3) is 0 Å². The monoisotopic (exact) mass is 323 g/mol. The molecule has 1 aliphatic rings. The third kappa shape index (κ3) is 4.34. The third-order valence-electron chi connectivity index (χ3n) is 3.47. The Kier molecular flexibility index (Phi) is 4.77. The van der Waals surface area contributed by atoms with E-state index in [1.165, 1.54) is 12.1 Å². The predicted octanol–water partition coefficient (Wildman–Crippen LogP) is 2.10. The van der Waals surface area contributed by atoms with Gasteiger partial charge < -0.3 is 20.3 Å². The van der Waals surface area contributed by atoms with Crippen molar-refractivity contribution in [2.24, 2.45) is 0 Å². The van der Waals surface area contributed by atoms with Crippen LogP contribution in [0.15, 0.2) is 18.2 Å². The summed E-state index contributed by atoms with van der Waals surface area (Å²) in [6, 6.07) is 4.01. The van der Waals surface area contributed by atoms with Crippen molar-refractivity contribution in [1.29, 1.82) is 0 Å². The zero-order chi connectivity index (χ0) is 17.2. The van der Waals surface area contributed by atoms with Crippen molar-refractivity contribution in [2.75, 3.05) is 31.9 Å². The highest BCUT2D eigenvalue weighted by atomic mass is 19.1. The maximum absolute atomic E-state index is 13.5. The number of benzene rings is 1. The molecular formula is C16H22FN3O3. The fourth-order valence-corrected chi connectivity index (χ4v) is 2.26. The summed E-state index contributed by atoms with van der Waals surface area (Å²) in [7, 11) is 0. The number of halogens is 1. The molecule has 7 heteroatoms. The van der Waals surface area contributed by atoms with Crippen molar-refractivity contribution >= 4 is 17.7 Å². The standard InChI is InChI=1S/C16H22FN3O3/c1-16(2,3)23-15(22)20-8-6-19(7-9-20)14(21)11-4-5-13(18)12(17)10-11/h4-5,10H,6-9,18H2,1-3H3. The Hall–Kier alpha value is -2.31. The molecule has 2 rings (SSSR count). The van der Waals surface area contributed by atoms with Gasteiger partial charge in [0.1, 0.15) is 11.4 Å². The Bertz CT molecular complexity index is 605. The number of ether oxygens (including phenoxy) is 1. The molecule has 0 aliphatic carbocycles. The van der Waals surface area contributed by atoms with Crippen LogP contribution < -0.4 is 5.73 Å². The van der Waals surface area contributed by atoms with E-state index in [4.69, 9.17) is 10.5 Å². The van der Waals surface area contributed by atoms with E-state index in [1.807, 2.05) is 0 Å². The van der Waals surface area contributed by atoms with Gasteiger partial charge in [0.05, 0.1) is 5.69 Å². The highest BCUT2D eigenvalue weighted by Crippen LogP contribution is 2.16. The molecule has 1 aliphatic heterocycles. The normalized spacial score (nSPS) is 15.5. The van der Waals surface area contributed by atoms with Crippen LogP contribution in [0.5, 0.6) is 0 Å². The van der Waals surface area contributed by atoms with E-state index < -0.39 is 11.4 Å². The summed E-state index contributed by atoms with van der Waals surface area (Å²) in [5.41, 5.74) is 5.12. The first-order chi connectivity index (χ1) is 10.7. The van der Waals surface area contributed by atoms with Crippen molar-refractivity contribution in [3.8, 4) is 0 Å². The van der Waals surface area contributed by atoms with Crippen molar-refractivity contribution in [1.82, 2.24) is 9.80 Å². The van der Waals surface area contributed by atoms with Gasteiger partial charge in [0.15, 0.2) is 0 Å². The maximum atomic E-state index is 13.5. The average molecular weight is 323 g/mol. The number of nitrogens with two attached hydrogens (primary N) is 1. The molecule has 6 nitrogen and oxygen atoms in total. The van der Waals surface area contributed by atoms with Crippen LogP contribution in [-0.4, -0.2) is 53.6 Å². The van der Waals surface area contributed by atoms with Gasteiger partial charge in [-0.3, -0.25) is 4.79 Å². The molecule has 0 unspecified atom stereocenters. The third-order valence-corrected chi connectivity index (χ3v) is 3.47. The van der Waals surface area contributed by atoms with Gasteiger partial charge in [-0.15, -0.1) is 0 Å². The van der Waals surface area contributed by atoms with E-state index in [0.717, 1.165) is 6.07 Å². The van der Waals surface area contributed by atoms with Crippen LogP contribution in [-0.2, 0) is 4.74 Å². The van der Waals surface area contributed by atoms with E-state index >= 15 is 0 Å². The molecule has 1 aromatic carbocycles. The number of amides is 2. The largest absolute Gasteiger partial charge is 0.444 e. The van der Waals surface area contributed by atoms with Crippen molar-refractivity contribution in [2.45, 2.75) is 26.4 Å². The molecule has 1 fully saturated rings. The molecule has 0 spiro atoms. The van der Waals surface area contributed by atoms with Crippen LogP contribution in [0.3, 0.4) is 0 Å². The molecule has 1 saturated heterocycles. The van der Waals surface area contributed by atoms with Gasteiger partial charge in [0.2, 0.25) is 0 Å². The lowest BCUT2D eigenvalue weighted by atomic mass is 10.1. The van der Waals surface area contributed by atoms with Gasteiger partial charge in [-0.1, -0.05) is 0 Å². The highest BCUT2D eigenvalue weighted by molar-refractivity contribution is 5.94. The fourth-order valence-electron chi connectivity index (χ4n) is 2.26. The van der Waals surface area contributed by atoms with Gasteiger partial charge in [-0.05, 0) is 39.0 Å². The van der Waals surface area contributed by atoms with Gasteiger partial charge in [0, 0.05) is 31.7 Å². The second-order valence-corrected chi connectivity index (χ2v) is 6.50. The minimum atomic E-state index is -0.608. The van der Waals surface area contributed by atoms with E-state index in [2.05, 4.69) is 0 Å². The molecule has 1 heterocycles. The van der Waals surface area contributed by atoms with Crippen LogP contribution in [0.1, 0.15) is 31.1 Å². The molecule has 2 N–H and O–H groups in total. The number of hydrogen-bond donors (Lipinski definition) is 1. The SMILES string of the molecule is CC(C)(C)OC(=O)N1CCN(C(=O)c2ccc(N)c(F)c2)CC1. The number of hydrogen-bond acceptors (Lipinski definition) is 4. The number of carbonyl (C=O) groups excluding carboxylic acids is 2. The number of anilines is 1. The number of rotatable bonds is 1. The number of nitrogen functional groups attached to an aromatic ring is 1. The van der Waals surface area contributed by atoms with E-state index in [-0.39, 0.29) is 23.3 Å². The summed E-state index contributed by atoms with van der Waals surface area (Å²) in [6.45, 7) is 6.95. The zero-order valence-electron chi connectivity index (χ0n) is 13.6. The summed E-state index contributed by atoms with van der Waals surface area (Å²) < 4.78 is 18.8. The predicted molar refractivity (Wildman–Crippen MR) is 84.5 cm³/mol. The first-order valence-electron chi connectivity index (χ1n) is 7.49. The summed E-state index contributed by atoms with van der Waals surface area (Å²) in [5, 5.41) is 0. The van der Waals surface area contributed by atoms with Crippen LogP contribution >= 0.6 is 0 Å². The van der Waals surface area contributed by atoms with Gasteiger partial charge in [-0.2, -0.15) is 0 Å². The second kappa shape index (κ2) is 6.44. The summed E-state index contributed by atoms with van der Waals surface area (Å²) >= 11 is 0. The number of nitrogens with zero attached hydrogens (tertiary/aromatic N) is 2. The van der Waals surface area contributed by atoms with E-state index in [1.54, 1.807) is 30.6 Å². The Morgan fingerprint density at radius 1 is 1.13 bits per heavy atom. The molecule has 126 valence electrons. The molecule has 0 saturated carbocycles. The molecule has 0 atom stereocenters. The van der Waals surface area contributed by atoms with Crippen LogP contribution in [0.2, 0.25) is 0 Å². The minimum Gasteiger partial charge on any atom is -0.444 e. The molecule has 0 radical (unpaired) electrons. The summed E-state index contributed by atoms with van der Waals surface area (Å²) in [6.07, 6.45) is -0.386. The Morgan fingerprint density at radius 2 is 1.70 bits per heavy atom. The average Bonchev–Trinajstić information content (AvgIpc) is 2.48. The maximum Gasteiger partial charge on any atom is 0.410 e. The lowest BCUT2D eigenvalue weighted by Crippen LogP contribution is -2.51. The van der Waals surface area contributed by atoms with E-state index in [0.29, 0.717) is 26.2 Å². The molecule has 0 aromatic heterocycles. The van der Waals surface area contributed by atoms with Crippen molar-refractivity contribution in [3.05, 3.63) is 29.6 Å². The fraction of sp³-hybridized carbons (Fsp3) is 0.500. The van der Waals surface area contributed by atoms with Crippen LogP contribution in [0, 0.1) is 5.82 Å². The van der Waals surface area contributed by atoms with Gasteiger partial charge >= 0.3 is 6.09 Å². The Balaban J connectivity index is 1.94. The Labute approximate surface area is 135 Å². The molecule has 0 bridgehead atoms. The quantitative estimate of drug-likeness (QED) is 0.803. The Morgan fingerprint density at radius 3 is 2.22 bits per heavy atom. The smallest absolute Gasteiger partial charge is 0.410 e. The van der Waals surface area contributed by atoms with Gasteiger partial charge in [0.25, 0.3) is 5.91 Å². The van der Waals surface area contributed by atoms with Crippen molar-refractivity contribution in [3.63, 3.8) is 0 Å². The first kappa shape index (κ1) is 17.1. The molecule has 23 heavy (non-hydrogen) atoms. The highest BCUT2D eigenvalue weighted by Gasteiger charge is 2.28. The lowest BCUT2D eigenvalue weighted by molar-refractivity contribution is 0.0141. The lowest BCUT2D eigenvalue weighted by Gasteiger charge is -2.35. The van der Waals surface area contributed by atoms with Crippen molar-refractivity contribution < 1.29 is 18.7 Å². The minimum absolute atomic E-state index is 0.0105. The summed E-state index contributed by atoms with van der Waals surface area (Å²) in [4.78, 5) is 27.5. The molecule has 1 aromatic rings. The summed E-state index contributed by atoms with van der Waals surface area (Å²) in [5.74, 6) is -0.879. The van der Waals surface area contributed by atoms with E-state index in [9.17, 15) is 14.0 Å². The molecule has 2 amide bonds. The number of piperazine rings is 1. The zero-order valence-corrected chi connectivity index (χ0v) is 13.6. The molecular weight excluding hydrogens is 301 g/mol. The second-order valence-electron chi connectivity index (χ2n) is 6.50.